The van der Waals surface area contributed by atoms with Gasteiger partial charge in [-0.2, -0.15) is 0 Å². The number of hydrogen-bond acceptors (Lipinski definition) is 3. The molecule has 0 aliphatic carbocycles. The van der Waals surface area contributed by atoms with Crippen molar-refractivity contribution in [1.82, 2.24) is 15.5 Å². The Labute approximate surface area is 166 Å². The average molecular weight is 454 g/mol. The molecule has 0 bridgehead atoms. The summed E-state index contributed by atoms with van der Waals surface area (Å²) in [5, 5.41) is 7.06. The van der Waals surface area contributed by atoms with Crippen LogP contribution < -0.4 is 10.6 Å². The van der Waals surface area contributed by atoms with Gasteiger partial charge in [-0.25, -0.2) is 0 Å². The first-order chi connectivity index (χ1) is 11.0. The molecule has 1 unspecified atom stereocenters. The molecule has 0 spiro atoms. The Morgan fingerprint density at radius 1 is 1.21 bits per heavy atom. The molecule has 0 aromatic rings. The van der Waals surface area contributed by atoms with Crippen LogP contribution in [0.4, 0.5) is 0 Å². The highest BCUT2D eigenvalue weighted by Crippen LogP contribution is 2.25. The lowest BCUT2D eigenvalue weighted by molar-refractivity contribution is -0.00502. The maximum Gasteiger partial charge on any atom is 0.191 e. The molecular weight excluding hydrogens is 415 g/mol. The van der Waals surface area contributed by atoms with E-state index in [0.29, 0.717) is 6.04 Å². The van der Waals surface area contributed by atoms with E-state index >= 15 is 0 Å². The van der Waals surface area contributed by atoms with Gasteiger partial charge in [0.15, 0.2) is 5.96 Å². The maximum absolute atomic E-state index is 5.54. The average Bonchev–Trinajstić information content (AvgIpc) is 2.56. The molecule has 2 N–H and O–H groups in total. The van der Waals surface area contributed by atoms with Crippen LogP contribution in [0.25, 0.3) is 0 Å². The van der Waals surface area contributed by atoms with Crippen molar-refractivity contribution in [2.75, 3.05) is 40.9 Å². The van der Waals surface area contributed by atoms with Crippen molar-refractivity contribution in [2.24, 2.45) is 4.99 Å². The summed E-state index contributed by atoms with van der Waals surface area (Å²) in [7, 11) is 6.19. The molecule has 0 amide bonds. The summed E-state index contributed by atoms with van der Waals surface area (Å²) < 4.78 is 5.54. The van der Waals surface area contributed by atoms with E-state index in [-0.39, 0.29) is 29.5 Å². The summed E-state index contributed by atoms with van der Waals surface area (Å²) in [4.78, 5) is 6.73. The van der Waals surface area contributed by atoms with Crippen LogP contribution in [0.15, 0.2) is 4.99 Å². The number of aliphatic imine (C=N–C) groups is 1. The van der Waals surface area contributed by atoms with Crippen molar-refractivity contribution in [3.8, 4) is 0 Å². The van der Waals surface area contributed by atoms with Crippen LogP contribution in [0.5, 0.6) is 0 Å². The van der Waals surface area contributed by atoms with E-state index in [9.17, 15) is 0 Å². The van der Waals surface area contributed by atoms with E-state index in [1.54, 1.807) is 0 Å². The number of unbranched alkanes of at least 4 members (excludes halogenated alkanes) is 3. The monoisotopic (exact) mass is 454 g/mol. The first kappa shape index (κ1) is 23.9. The highest BCUT2D eigenvalue weighted by atomic mass is 127. The molecule has 0 saturated carbocycles. The molecule has 0 radical (unpaired) electrons. The van der Waals surface area contributed by atoms with Crippen molar-refractivity contribution in [1.29, 1.82) is 0 Å². The molecule has 1 saturated heterocycles. The zero-order valence-corrected chi connectivity index (χ0v) is 18.7. The largest absolute Gasteiger partial charge is 0.381 e. The Morgan fingerprint density at radius 3 is 2.42 bits per heavy atom. The van der Waals surface area contributed by atoms with Crippen LogP contribution in [0.3, 0.4) is 0 Å². The topological polar surface area (TPSA) is 48.9 Å². The molecule has 1 fully saturated rings. The molecule has 1 heterocycles. The highest BCUT2D eigenvalue weighted by Gasteiger charge is 2.34. The molecule has 0 aromatic heterocycles. The van der Waals surface area contributed by atoms with E-state index in [1.807, 2.05) is 7.05 Å². The minimum absolute atomic E-state index is 0. The Bertz CT molecular complexity index is 344. The Kier molecular flexibility index (Phi) is 13.1. The van der Waals surface area contributed by atoms with E-state index < -0.39 is 0 Å². The lowest BCUT2D eigenvalue weighted by Crippen LogP contribution is -2.57. The second-order valence-electron chi connectivity index (χ2n) is 7.05. The molecule has 0 aromatic carbocycles. The van der Waals surface area contributed by atoms with Gasteiger partial charge in [-0.15, -0.1) is 24.0 Å². The van der Waals surface area contributed by atoms with Gasteiger partial charge in [0.1, 0.15) is 0 Å². The Hall–Kier alpha value is -0.0800. The number of guanidine groups is 1. The predicted octanol–water partition coefficient (Wildman–Crippen LogP) is 3.24. The summed E-state index contributed by atoms with van der Waals surface area (Å²) in [6, 6.07) is 0.461. The summed E-state index contributed by atoms with van der Waals surface area (Å²) in [6.45, 7) is 7.10. The van der Waals surface area contributed by atoms with Gasteiger partial charge in [-0.3, -0.25) is 4.99 Å². The smallest absolute Gasteiger partial charge is 0.191 e. The van der Waals surface area contributed by atoms with Crippen molar-refractivity contribution < 1.29 is 4.74 Å². The highest BCUT2D eigenvalue weighted by molar-refractivity contribution is 14.0. The number of hydrogen-bond donors (Lipinski definition) is 2. The molecule has 5 nitrogen and oxygen atoms in total. The summed E-state index contributed by atoms with van der Waals surface area (Å²) in [5.74, 6) is 0.917. The fraction of sp³-hybridized carbons (Fsp3) is 0.944. The third-order valence-corrected chi connectivity index (χ3v) is 5.05. The number of nitrogens with one attached hydrogen (secondary N) is 2. The quantitative estimate of drug-likeness (QED) is 0.243. The number of ether oxygens (including phenoxy) is 1. The molecular formula is C18H39IN4O. The van der Waals surface area contributed by atoms with Crippen LogP contribution in [-0.2, 0) is 4.74 Å². The van der Waals surface area contributed by atoms with Gasteiger partial charge in [0.05, 0.1) is 0 Å². The third kappa shape index (κ3) is 8.34. The Balaban J connectivity index is 0.00000529. The minimum atomic E-state index is 0. The molecule has 24 heavy (non-hydrogen) atoms. The van der Waals surface area contributed by atoms with Crippen molar-refractivity contribution in [2.45, 2.75) is 70.4 Å². The lowest BCUT2D eigenvalue weighted by Gasteiger charge is -2.43. The third-order valence-electron chi connectivity index (χ3n) is 5.05. The van der Waals surface area contributed by atoms with Crippen LogP contribution in [-0.4, -0.2) is 63.3 Å². The molecule has 144 valence electrons. The van der Waals surface area contributed by atoms with Gasteiger partial charge in [-0.1, -0.05) is 32.6 Å². The van der Waals surface area contributed by atoms with Gasteiger partial charge >= 0.3 is 0 Å². The van der Waals surface area contributed by atoms with Crippen LogP contribution in [0.2, 0.25) is 0 Å². The first-order valence-electron chi connectivity index (χ1n) is 9.26. The summed E-state index contributed by atoms with van der Waals surface area (Å²) in [5.41, 5.74) is 0.167. The SMILES string of the molecule is CCCCCCC(C)NC(=NC)NCC1(N(C)C)CCOCC1.I. The Morgan fingerprint density at radius 2 is 1.88 bits per heavy atom. The van der Waals surface area contributed by atoms with Gasteiger partial charge < -0.3 is 20.3 Å². The van der Waals surface area contributed by atoms with Gasteiger partial charge in [-0.05, 0) is 40.3 Å². The summed E-state index contributed by atoms with van der Waals surface area (Å²) in [6.07, 6.45) is 8.59. The normalized spacial score (nSPS) is 18.8. The van der Waals surface area contributed by atoms with E-state index in [2.05, 4.69) is 48.5 Å². The lowest BCUT2D eigenvalue weighted by atomic mass is 9.88. The van der Waals surface area contributed by atoms with Crippen molar-refractivity contribution >= 4 is 29.9 Å². The number of likely N-dealkylation sites (N-methyl/N-ethyl adjacent to an activating group) is 1. The summed E-state index contributed by atoms with van der Waals surface area (Å²) >= 11 is 0. The second-order valence-corrected chi connectivity index (χ2v) is 7.05. The number of rotatable bonds is 9. The molecule has 1 aliphatic heterocycles. The van der Waals surface area contributed by atoms with Crippen LogP contribution in [0, 0.1) is 0 Å². The number of nitrogens with zero attached hydrogens (tertiary/aromatic N) is 2. The molecule has 1 atom stereocenters. The zero-order chi connectivity index (χ0) is 17.1. The fourth-order valence-corrected chi connectivity index (χ4v) is 3.16. The first-order valence-corrected chi connectivity index (χ1v) is 9.26. The maximum atomic E-state index is 5.54. The zero-order valence-electron chi connectivity index (χ0n) is 16.4. The van der Waals surface area contributed by atoms with E-state index in [0.717, 1.165) is 38.6 Å². The van der Waals surface area contributed by atoms with E-state index in [4.69, 9.17) is 4.74 Å². The van der Waals surface area contributed by atoms with E-state index in [1.165, 1.54) is 32.1 Å². The molecule has 6 heteroatoms. The molecule has 1 aliphatic rings. The van der Waals surface area contributed by atoms with Crippen LogP contribution in [0.1, 0.15) is 58.8 Å². The van der Waals surface area contributed by atoms with Crippen LogP contribution >= 0.6 is 24.0 Å². The van der Waals surface area contributed by atoms with Gasteiger partial charge in [0.2, 0.25) is 0 Å². The standard InChI is InChI=1S/C18H38N4O.HI/c1-6-7-8-9-10-16(2)21-17(19-3)20-15-18(22(4)5)11-13-23-14-12-18;/h16H,6-15H2,1-5H3,(H2,19,20,21);1H. The van der Waals surface area contributed by atoms with Gasteiger partial charge in [0, 0.05) is 38.4 Å². The van der Waals surface area contributed by atoms with Crippen molar-refractivity contribution in [3.05, 3.63) is 0 Å². The number of halogens is 1. The van der Waals surface area contributed by atoms with Crippen molar-refractivity contribution in [3.63, 3.8) is 0 Å². The fourth-order valence-electron chi connectivity index (χ4n) is 3.16. The predicted molar refractivity (Wildman–Crippen MR) is 115 cm³/mol. The second kappa shape index (κ2) is 13.2. The van der Waals surface area contributed by atoms with Gasteiger partial charge in [0.25, 0.3) is 0 Å². The minimum Gasteiger partial charge on any atom is -0.381 e. The molecule has 1 rings (SSSR count).